The first-order valence-electron chi connectivity index (χ1n) is 15.5. The number of urea groups is 1. The Labute approximate surface area is 253 Å². The predicted molar refractivity (Wildman–Crippen MR) is 167 cm³/mol. The standard InChI is InChI=1S/C33H43N7O3/c1-33(2,31(41)38-17-14-34-15-18-38)43-30-7-3-6-29(19-30)39-16-4-5-27(23-39)37-32(42)40(28-12-13-28)22-24-8-10-25(11-9-24)26-20-35-36-21-26/h3,6-11,19-21,27-28,34H,4-5,12-18,22-23H2,1-2H3,(H,35,36)(H,37,42)/t27-/m0/s1. The highest BCUT2D eigenvalue weighted by atomic mass is 16.5. The smallest absolute Gasteiger partial charge is 0.318 e. The maximum Gasteiger partial charge on any atom is 0.318 e. The number of carbonyl (C=O) groups excluding carboxylic acids is 2. The van der Waals surface area contributed by atoms with Crippen molar-refractivity contribution in [3.05, 3.63) is 66.5 Å². The van der Waals surface area contributed by atoms with E-state index in [1.165, 1.54) is 0 Å². The molecule has 10 nitrogen and oxygen atoms in total. The van der Waals surface area contributed by atoms with Gasteiger partial charge >= 0.3 is 6.03 Å². The van der Waals surface area contributed by atoms with Gasteiger partial charge in [-0.25, -0.2) is 4.79 Å². The van der Waals surface area contributed by atoms with Gasteiger partial charge in [0.2, 0.25) is 0 Å². The molecule has 0 unspecified atom stereocenters. The summed E-state index contributed by atoms with van der Waals surface area (Å²) >= 11 is 0. The van der Waals surface area contributed by atoms with E-state index >= 15 is 0 Å². The Morgan fingerprint density at radius 2 is 1.84 bits per heavy atom. The Hall–Kier alpha value is -4.05. The molecule has 43 heavy (non-hydrogen) atoms. The quantitative estimate of drug-likeness (QED) is 0.351. The number of anilines is 1. The molecule has 2 aromatic carbocycles. The molecule has 228 valence electrons. The van der Waals surface area contributed by atoms with E-state index in [1.807, 2.05) is 54.2 Å². The highest BCUT2D eigenvalue weighted by Crippen LogP contribution is 2.30. The Bertz CT molecular complexity index is 1380. The molecule has 3 N–H and O–H groups in total. The lowest BCUT2D eigenvalue weighted by Crippen LogP contribution is -2.54. The zero-order valence-electron chi connectivity index (χ0n) is 25.2. The number of benzene rings is 2. The summed E-state index contributed by atoms with van der Waals surface area (Å²) in [5.41, 5.74) is 3.36. The Morgan fingerprint density at radius 3 is 2.56 bits per heavy atom. The molecule has 1 atom stereocenters. The number of hydrogen-bond acceptors (Lipinski definition) is 6. The number of amides is 3. The average molecular weight is 586 g/mol. The number of H-pyrrole nitrogens is 1. The van der Waals surface area contributed by atoms with Crippen LogP contribution in [0.2, 0.25) is 0 Å². The molecule has 3 aliphatic rings. The number of aromatic amines is 1. The third-order valence-electron chi connectivity index (χ3n) is 8.61. The van der Waals surface area contributed by atoms with Crippen molar-refractivity contribution >= 4 is 17.6 Å². The van der Waals surface area contributed by atoms with Crippen LogP contribution in [-0.4, -0.2) is 88.9 Å². The van der Waals surface area contributed by atoms with Crippen LogP contribution in [0.5, 0.6) is 5.75 Å². The maximum atomic E-state index is 13.5. The third-order valence-corrected chi connectivity index (χ3v) is 8.61. The fourth-order valence-electron chi connectivity index (χ4n) is 6.08. The van der Waals surface area contributed by atoms with Crippen LogP contribution in [0.1, 0.15) is 45.1 Å². The Balaban J connectivity index is 1.06. The van der Waals surface area contributed by atoms with E-state index in [-0.39, 0.29) is 18.0 Å². The summed E-state index contributed by atoms with van der Waals surface area (Å²) < 4.78 is 6.27. The minimum absolute atomic E-state index is 0.00859. The Kier molecular flexibility index (Phi) is 8.56. The van der Waals surface area contributed by atoms with Gasteiger partial charge in [0, 0.05) is 81.4 Å². The van der Waals surface area contributed by atoms with Crippen molar-refractivity contribution in [2.75, 3.05) is 44.2 Å². The molecule has 2 saturated heterocycles. The second-order valence-corrected chi connectivity index (χ2v) is 12.4. The van der Waals surface area contributed by atoms with Crippen molar-refractivity contribution in [3.63, 3.8) is 0 Å². The zero-order chi connectivity index (χ0) is 29.8. The van der Waals surface area contributed by atoms with Gasteiger partial charge in [-0.1, -0.05) is 30.3 Å². The lowest BCUT2D eigenvalue weighted by molar-refractivity contribution is -0.146. The van der Waals surface area contributed by atoms with Gasteiger partial charge < -0.3 is 30.1 Å². The minimum atomic E-state index is -0.958. The van der Waals surface area contributed by atoms with Gasteiger partial charge in [0.05, 0.1) is 6.20 Å². The van der Waals surface area contributed by atoms with Crippen molar-refractivity contribution in [2.24, 2.45) is 0 Å². The van der Waals surface area contributed by atoms with Crippen LogP contribution in [0.3, 0.4) is 0 Å². The number of rotatable bonds is 9. The number of aromatic nitrogens is 2. The van der Waals surface area contributed by atoms with Crippen molar-refractivity contribution < 1.29 is 14.3 Å². The van der Waals surface area contributed by atoms with E-state index in [1.54, 1.807) is 0 Å². The van der Waals surface area contributed by atoms with Crippen LogP contribution < -0.4 is 20.3 Å². The highest BCUT2D eigenvalue weighted by molar-refractivity contribution is 5.85. The second-order valence-electron chi connectivity index (χ2n) is 12.4. The van der Waals surface area contributed by atoms with Crippen LogP contribution in [0.25, 0.3) is 11.1 Å². The largest absolute Gasteiger partial charge is 0.478 e. The first-order valence-corrected chi connectivity index (χ1v) is 15.5. The number of ether oxygens (including phenoxy) is 1. The molecule has 2 aliphatic heterocycles. The fraction of sp³-hybridized carbons (Fsp3) is 0.485. The number of carbonyl (C=O) groups is 2. The molecular weight excluding hydrogens is 542 g/mol. The number of nitrogens with one attached hydrogen (secondary N) is 3. The van der Waals surface area contributed by atoms with E-state index in [0.717, 1.165) is 74.2 Å². The van der Waals surface area contributed by atoms with E-state index in [9.17, 15) is 9.59 Å². The van der Waals surface area contributed by atoms with E-state index in [4.69, 9.17) is 4.74 Å². The van der Waals surface area contributed by atoms with Crippen molar-refractivity contribution in [2.45, 2.75) is 63.8 Å². The molecule has 0 spiro atoms. The maximum absolute atomic E-state index is 13.5. The lowest BCUT2D eigenvalue weighted by Gasteiger charge is -2.37. The van der Waals surface area contributed by atoms with Crippen LogP contribution in [0.15, 0.2) is 60.9 Å². The molecule has 1 aliphatic carbocycles. The van der Waals surface area contributed by atoms with Gasteiger partial charge in [0.1, 0.15) is 5.75 Å². The Morgan fingerprint density at radius 1 is 1.05 bits per heavy atom. The predicted octanol–water partition coefficient (Wildman–Crippen LogP) is 4.01. The van der Waals surface area contributed by atoms with Crippen molar-refractivity contribution in [1.29, 1.82) is 0 Å². The van der Waals surface area contributed by atoms with Crippen LogP contribution in [0.4, 0.5) is 10.5 Å². The highest BCUT2D eigenvalue weighted by Gasteiger charge is 2.36. The van der Waals surface area contributed by atoms with E-state index < -0.39 is 5.60 Å². The number of nitrogens with zero attached hydrogens (tertiary/aromatic N) is 4. The van der Waals surface area contributed by atoms with E-state index in [2.05, 4.69) is 56.1 Å². The first-order chi connectivity index (χ1) is 20.9. The normalized spacial score (nSPS) is 19.2. The summed E-state index contributed by atoms with van der Waals surface area (Å²) in [6.45, 7) is 8.94. The molecule has 0 bridgehead atoms. The van der Waals surface area contributed by atoms with Gasteiger partial charge in [-0.05, 0) is 62.8 Å². The summed E-state index contributed by atoms with van der Waals surface area (Å²) in [7, 11) is 0. The van der Waals surface area contributed by atoms with Gasteiger partial charge in [-0.2, -0.15) is 5.10 Å². The minimum Gasteiger partial charge on any atom is -0.478 e. The summed E-state index contributed by atoms with van der Waals surface area (Å²) in [6, 6.07) is 16.7. The molecule has 10 heteroatoms. The van der Waals surface area contributed by atoms with Crippen molar-refractivity contribution in [1.82, 2.24) is 30.6 Å². The van der Waals surface area contributed by atoms with Gasteiger partial charge in [-0.15, -0.1) is 0 Å². The summed E-state index contributed by atoms with van der Waals surface area (Å²) in [5.74, 6) is 0.685. The fourth-order valence-corrected chi connectivity index (χ4v) is 6.08. The van der Waals surface area contributed by atoms with E-state index in [0.29, 0.717) is 31.4 Å². The monoisotopic (exact) mass is 585 g/mol. The molecule has 3 fully saturated rings. The van der Waals surface area contributed by atoms with Crippen LogP contribution in [0, 0.1) is 0 Å². The average Bonchev–Trinajstić information content (AvgIpc) is 3.72. The lowest BCUT2D eigenvalue weighted by atomic mass is 10.0. The molecule has 1 aromatic heterocycles. The second kappa shape index (κ2) is 12.7. The topological polar surface area (TPSA) is 106 Å². The molecule has 1 saturated carbocycles. The molecule has 6 rings (SSSR count). The summed E-state index contributed by atoms with van der Waals surface area (Å²) in [5, 5.41) is 13.5. The summed E-state index contributed by atoms with van der Waals surface area (Å²) in [4.78, 5) is 32.9. The molecule has 3 aromatic rings. The molecule has 3 heterocycles. The van der Waals surface area contributed by atoms with Crippen LogP contribution in [-0.2, 0) is 11.3 Å². The SMILES string of the molecule is CC(C)(Oc1cccc(N2CCC[C@H](NC(=O)N(Cc3ccc(-c4cn[nH]c4)cc3)C3CC3)C2)c1)C(=O)N1CCNCC1. The third kappa shape index (κ3) is 7.13. The molecule has 3 amide bonds. The van der Waals surface area contributed by atoms with Crippen molar-refractivity contribution in [3.8, 4) is 16.9 Å². The van der Waals surface area contributed by atoms with Gasteiger partial charge in [-0.3, -0.25) is 9.89 Å². The summed E-state index contributed by atoms with van der Waals surface area (Å²) in [6.07, 6.45) is 7.73. The van der Waals surface area contributed by atoms with Gasteiger partial charge in [0.25, 0.3) is 5.91 Å². The molecular formula is C33H43N7O3. The number of piperidine rings is 1. The number of piperazine rings is 1. The molecule has 0 radical (unpaired) electrons. The number of hydrogen-bond donors (Lipinski definition) is 3. The van der Waals surface area contributed by atoms with Gasteiger partial charge in [0.15, 0.2) is 5.60 Å². The first kappa shape index (κ1) is 29.0. The van der Waals surface area contributed by atoms with Crippen LogP contribution >= 0.6 is 0 Å². The zero-order valence-corrected chi connectivity index (χ0v) is 25.2.